The third-order valence-electron chi connectivity index (χ3n) is 2.76. The molecule has 0 saturated carbocycles. The lowest BCUT2D eigenvalue weighted by atomic mass is 10.2. The molecule has 0 bridgehead atoms. The van der Waals surface area contributed by atoms with E-state index < -0.39 is 17.9 Å². The number of nitrogens with two attached hydrogens (primary N) is 2. The minimum absolute atomic E-state index is 0.0351. The Morgan fingerprint density at radius 3 is 2.47 bits per heavy atom. The standard InChI is InChI=1S/C11H20N4O4/c12-8(7-9(13)16)11(18)14-2-1-10(17)15-3-5-19-6-4-15/h8H,1-7,12H2,(H2,13,16)(H,14,18). The first-order valence-electron chi connectivity index (χ1n) is 6.18. The number of hydrogen-bond donors (Lipinski definition) is 3. The molecule has 1 saturated heterocycles. The van der Waals surface area contributed by atoms with Gasteiger partial charge in [0.15, 0.2) is 0 Å². The molecule has 1 unspecified atom stereocenters. The average Bonchev–Trinajstić information content (AvgIpc) is 2.38. The Balaban J connectivity index is 2.20. The van der Waals surface area contributed by atoms with E-state index in [0.717, 1.165) is 0 Å². The minimum atomic E-state index is -0.962. The van der Waals surface area contributed by atoms with E-state index in [1.807, 2.05) is 0 Å². The van der Waals surface area contributed by atoms with Gasteiger partial charge in [0.1, 0.15) is 0 Å². The molecule has 5 N–H and O–H groups in total. The van der Waals surface area contributed by atoms with Gasteiger partial charge in [-0.05, 0) is 0 Å². The third kappa shape index (κ3) is 5.66. The molecule has 1 atom stereocenters. The van der Waals surface area contributed by atoms with Crippen LogP contribution in [0.5, 0.6) is 0 Å². The molecule has 1 rings (SSSR count). The Kier molecular flexibility index (Phi) is 6.23. The Morgan fingerprint density at radius 2 is 1.89 bits per heavy atom. The van der Waals surface area contributed by atoms with Crippen molar-refractivity contribution < 1.29 is 19.1 Å². The lowest BCUT2D eigenvalue weighted by molar-refractivity contribution is -0.135. The number of hydrogen-bond acceptors (Lipinski definition) is 5. The molecule has 1 aliphatic rings. The van der Waals surface area contributed by atoms with Crippen LogP contribution in [0.15, 0.2) is 0 Å². The Hall–Kier alpha value is -1.67. The molecule has 0 radical (unpaired) electrons. The Morgan fingerprint density at radius 1 is 1.26 bits per heavy atom. The van der Waals surface area contributed by atoms with Crippen molar-refractivity contribution >= 4 is 17.7 Å². The fraction of sp³-hybridized carbons (Fsp3) is 0.727. The van der Waals surface area contributed by atoms with Crippen molar-refractivity contribution in [3.8, 4) is 0 Å². The molecule has 0 aromatic heterocycles. The number of nitrogens with one attached hydrogen (secondary N) is 1. The number of carbonyl (C=O) groups excluding carboxylic acids is 3. The summed E-state index contributed by atoms with van der Waals surface area (Å²) < 4.78 is 5.14. The van der Waals surface area contributed by atoms with Gasteiger partial charge in [0.25, 0.3) is 0 Å². The van der Waals surface area contributed by atoms with Crippen LogP contribution in [0, 0.1) is 0 Å². The van der Waals surface area contributed by atoms with Crippen LogP contribution in [-0.4, -0.2) is 61.5 Å². The average molecular weight is 272 g/mol. The number of carbonyl (C=O) groups is 3. The predicted molar refractivity (Wildman–Crippen MR) is 66.8 cm³/mol. The van der Waals surface area contributed by atoms with E-state index in [2.05, 4.69) is 5.32 Å². The number of nitrogens with zero attached hydrogens (tertiary/aromatic N) is 1. The molecule has 108 valence electrons. The maximum absolute atomic E-state index is 11.7. The molecule has 8 nitrogen and oxygen atoms in total. The monoisotopic (exact) mass is 272 g/mol. The van der Waals surface area contributed by atoms with Gasteiger partial charge in [0.2, 0.25) is 17.7 Å². The summed E-state index contributed by atoms with van der Waals surface area (Å²) in [4.78, 5) is 35.5. The van der Waals surface area contributed by atoms with Crippen molar-refractivity contribution in [1.82, 2.24) is 10.2 Å². The summed E-state index contributed by atoms with van der Waals surface area (Å²) in [5.41, 5.74) is 10.4. The van der Waals surface area contributed by atoms with E-state index >= 15 is 0 Å². The Labute approximate surface area is 111 Å². The summed E-state index contributed by atoms with van der Waals surface area (Å²) in [6, 6.07) is -0.962. The largest absolute Gasteiger partial charge is 0.378 e. The molecule has 0 aromatic carbocycles. The lowest BCUT2D eigenvalue weighted by Gasteiger charge is -2.26. The molecule has 3 amide bonds. The highest BCUT2D eigenvalue weighted by Crippen LogP contribution is 1.99. The van der Waals surface area contributed by atoms with Gasteiger partial charge in [0.05, 0.1) is 25.7 Å². The van der Waals surface area contributed by atoms with Crippen LogP contribution in [0.3, 0.4) is 0 Å². The number of rotatable bonds is 6. The van der Waals surface area contributed by atoms with Crippen LogP contribution in [0.25, 0.3) is 0 Å². The van der Waals surface area contributed by atoms with E-state index in [9.17, 15) is 14.4 Å². The zero-order valence-electron chi connectivity index (χ0n) is 10.8. The summed E-state index contributed by atoms with van der Waals surface area (Å²) in [5, 5.41) is 2.51. The van der Waals surface area contributed by atoms with Crippen LogP contribution >= 0.6 is 0 Å². The SMILES string of the molecule is NC(=O)CC(N)C(=O)NCCC(=O)N1CCOCC1. The lowest BCUT2D eigenvalue weighted by Crippen LogP contribution is -2.45. The van der Waals surface area contributed by atoms with Gasteiger partial charge in [-0.25, -0.2) is 0 Å². The first-order chi connectivity index (χ1) is 9.00. The maximum Gasteiger partial charge on any atom is 0.237 e. The fourth-order valence-electron chi connectivity index (χ4n) is 1.70. The second-order valence-corrected chi connectivity index (χ2v) is 4.31. The van der Waals surface area contributed by atoms with E-state index in [1.54, 1.807) is 4.90 Å². The normalized spacial score (nSPS) is 16.8. The predicted octanol–water partition coefficient (Wildman–Crippen LogP) is -2.45. The van der Waals surface area contributed by atoms with Crippen LogP contribution in [0.1, 0.15) is 12.8 Å². The summed E-state index contributed by atoms with van der Waals surface area (Å²) in [7, 11) is 0. The second-order valence-electron chi connectivity index (χ2n) is 4.31. The summed E-state index contributed by atoms with van der Waals surface area (Å²) in [6.07, 6.45) is -0.00171. The number of morpholine rings is 1. The van der Waals surface area contributed by atoms with Gasteiger partial charge < -0.3 is 26.4 Å². The van der Waals surface area contributed by atoms with E-state index in [0.29, 0.717) is 26.3 Å². The molecule has 19 heavy (non-hydrogen) atoms. The minimum Gasteiger partial charge on any atom is -0.378 e. The van der Waals surface area contributed by atoms with E-state index in [-0.39, 0.29) is 25.3 Å². The van der Waals surface area contributed by atoms with Gasteiger partial charge in [0, 0.05) is 26.1 Å². The molecule has 0 aromatic rings. The van der Waals surface area contributed by atoms with Crippen LogP contribution in [0.4, 0.5) is 0 Å². The number of ether oxygens (including phenoxy) is 1. The molecule has 0 aliphatic carbocycles. The van der Waals surface area contributed by atoms with E-state index in [4.69, 9.17) is 16.2 Å². The zero-order chi connectivity index (χ0) is 14.3. The molecular weight excluding hydrogens is 252 g/mol. The van der Waals surface area contributed by atoms with Gasteiger partial charge >= 0.3 is 0 Å². The van der Waals surface area contributed by atoms with Gasteiger partial charge in [-0.15, -0.1) is 0 Å². The molecule has 8 heteroatoms. The van der Waals surface area contributed by atoms with Crippen LogP contribution in [-0.2, 0) is 19.1 Å². The summed E-state index contributed by atoms with van der Waals surface area (Å²) >= 11 is 0. The van der Waals surface area contributed by atoms with E-state index in [1.165, 1.54) is 0 Å². The zero-order valence-corrected chi connectivity index (χ0v) is 10.8. The number of amides is 3. The van der Waals surface area contributed by atoms with Crippen LogP contribution < -0.4 is 16.8 Å². The van der Waals surface area contributed by atoms with Crippen molar-refractivity contribution in [2.75, 3.05) is 32.8 Å². The van der Waals surface area contributed by atoms with Crippen molar-refractivity contribution in [3.63, 3.8) is 0 Å². The highest BCUT2D eigenvalue weighted by Gasteiger charge is 2.18. The Bertz CT molecular complexity index is 342. The summed E-state index contributed by atoms with van der Waals surface area (Å²) in [5.74, 6) is -1.15. The fourth-order valence-corrected chi connectivity index (χ4v) is 1.70. The summed E-state index contributed by atoms with van der Waals surface area (Å²) in [6.45, 7) is 2.44. The first kappa shape index (κ1) is 15.4. The smallest absolute Gasteiger partial charge is 0.237 e. The quantitative estimate of drug-likeness (QED) is 0.494. The maximum atomic E-state index is 11.7. The molecule has 1 aliphatic heterocycles. The van der Waals surface area contributed by atoms with Crippen molar-refractivity contribution in [2.24, 2.45) is 11.5 Å². The van der Waals surface area contributed by atoms with Crippen molar-refractivity contribution in [1.29, 1.82) is 0 Å². The second kappa shape index (κ2) is 7.70. The third-order valence-corrected chi connectivity index (χ3v) is 2.76. The number of primary amides is 1. The van der Waals surface area contributed by atoms with Crippen molar-refractivity contribution in [3.05, 3.63) is 0 Å². The molecule has 1 fully saturated rings. The first-order valence-corrected chi connectivity index (χ1v) is 6.18. The molecular formula is C11H20N4O4. The topological polar surface area (TPSA) is 128 Å². The van der Waals surface area contributed by atoms with Gasteiger partial charge in [-0.1, -0.05) is 0 Å². The highest BCUT2D eigenvalue weighted by atomic mass is 16.5. The molecule has 0 spiro atoms. The van der Waals surface area contributed by atoms with Crippen molar-refractivity contribution in [2.45, 2.75) is 18.9 Å². The van der Waals surface area contributed by atoms with Crippen LogP contribution in [0.2, 0.25) is 0 Å². The highest BCUT2D eigenvalue weighted by molar-refractivity contribution is 5.87. The molecule has 1 heterocycles. The van der Waals surface area contributed by atoms with Gasteiger partial charge in [-0.2, -0.15) is 0 Å². The van der Waals surface area contributed by atoms with Gasteiger partial charge in [-0.3, -0.25) is 14.4 Å².